The van der Waals surface area contributed by atoms with Crippen molar-refractivity contribution in [3.63, 3.8) is 0 Å². The maximum absolute atomic E-state index is 13.4. The lowest BCUT2D eigenvalue weighted by Crippen LogP contribution is -2.28. The van der Waals surface area contributed by atoms with Gasteiger partial charge in [-0.1, -0.05) is 18.2 Å². The number of halogens is 1. The monoisotopic (exact) mass is 343 g/mol. The Balaban J connectivity index is 2.02. The molecule has 0 fully saturated rings. The average molecular weight is 343 g/mol. The molecule has 0 saturated carbocycles. The van der Waals surface area contributed by atoms with Crippen molar-refractivity contribution in [1.82, 2.24) is 4.90 Å². The van der Waals surface area contributed by atoms with Crippen LogP contribution < -0.4 is 0 Å². The molecular formula is C20H22FNO3. The zero-order chi connectivity index (χ0) is 18.0. The summed E-state index contributed by atoms with van der Waals surface area (Å²) in [5, 5.41) is 9.21. The number of aromatic carboxylic acids is 1. The number of carboxylic acid groups (broad SMARTS) is 1. The zero-order valence-corrected chi connectivity index (χ0v) is 14.5. The third-order valence-electron chi connectivity index (χ3n) is 4.71. The maximum atomic E-state index is 13.4. The zero-order valence-electron chi connectivity index (χ0n) is 14.5. The van der Waals surface area contributed by atoms with Crippen LogP contribution in [0.15, 0.2) is 42.5 Å². The number of benzene rings is 2. The Bertz CT molecular complexity index is 773. The third-order valence-corrected chi connectivity index (χ3v) is 4.71. The molecule has 1 N–H and O–H groups in total. The van der Waals surface area contributed by atoms with Crippen molar-refractivity contribution in [3.8, 4) is 0 Å². The van der Waals surface area contributed by atoms with E-state index in [1.807, 2.05) is 20.2 Å². The Morgan fingerprint density at radius 3 is 2.60 bits per heavy atom. The molecule has 1 heterocycles. The van der Waals surface area contributed by atoms with E-state index in [0.717, 1.165) is 36.1 Å². The van der Waals surface area contributed by atoms with Gasteiger partial charge in [0.1, 0.15) is 11.4 Å². The fourth-order valence-electron chi connectivity index (χ4n) is 3.47. The van der Waals surface area contributed by atoms with Gasteiger partial charge in [0.15, 0.2) is 0 Å². The van der Waals surface area contributed by atoms with E-state index < -0.39 is 11.6 Å². The summed E-state index contributed by atoms with van der Waals surface area (Å²) in [7, 11) is 4.04. The van der Waals surface area contributed by atoms with Crippen LogP contribution in [-0.2, 0) is 16.9 Å². The number of nitrogens with zero attached hydrogens (tertiary/aromatic N) is 1. The summed E-state index contributed by atoms with van der Waals surface area (Å²) in [6.45, 7) is 1.27. The van der Waals surface area contributed by atoms with Crippen LogP contribution in [0.2, 0.25) is 0 Å². The van der Waals surface area contributed by atoms with Crippen LogP contribution in [0.1, 0.15) is 39.9 Å². The summed E-state index contributed by atoms with van der Waals surface area (Å²) in [4.78, 5) is 13.3. The molecule has 1 unspecified atom stereocenters. The van der Waals surface area contributed by atoms with Crippen LogP contribution in [-0.4, -0.2) is 36.6 Å². The van der Waals surface area contributed by atoms with E-state index in [1.54, 1.807) is 24.3 Å². The molecule has 0 radical (unpaired) electrons. The Kier molecular flexibility index (Phi) is 4.88. The number of hydrogen-bond acceptors (Lipinski definition) is 3. The highest BCUT2D eigenvalue weighted by Gasteiger charge is 2.41. The Hall–Kier alpha value is -2.24. The minimum atomic E-state index is -0.949. The van der Waals surface area contributed by atoms with Gasteiger partial charge in [0.05, 0.1) is 12.2 Å². The Morgan fingerprint density at radius 2 is 1.96 bits per heavy atom. The molecule has 0 saturated heterocycles. The summed E-state index contributed by atoms with van der Waals surface area (Å²) < 4.78 is 19.6. The quantitative estimate of drug-likeness (QED) is 0.870. The minimum absolute atomic E-state index is 0.255. The predicted octanol–water partition coefficient (Wildman–Crippen LogP) is 3.64. The molecule has 0 aromatic heterocycles. The second-order valence-electron chi connectivity index (χ2n) is 6.71. The van der Waals surface area contributed by atoms with Crippen molar-refractivity contribution in [3.05, 3.63) is 70.5 Å². The molecule has 0 amide bonds. The van der Waals surface area contributed by atoms with E-state index in [1.165, 1.54) is 12.1 Å². The highest BCUT2D eigenvalue weighted by molar-refractivity contribution is 5.88. The van der Waals surface area contributed by atoms with Crippen LogP contribution in [0.4, 0.5) is 4.39 Å². The van der Waals surface area contributed by atoms with Crippen molar-refractivity contribution in [2.45, 2.75) is 25.0 Å². The predicted molar refractivity (Wildman–Crippen MR) is 93.2 cm³/mol. The second-order valence-corrected chi connectivity index (χ2v) is 6.71. The van der Waals surface area contributed by atoms with Crippen LogP contribution in [0, 0.1) is 5.82 Å². The maximum Gasteiger partial charge on any atom is 0.335 e. The summed E-state index contributed by atoms with van der Waals surface area (Å²) >= 11 is 0. The van der Waals surface area contributed by atoms with E-state index in [0.29, 0.717) is 6.61 Å². The van der Waals surface area contributed by atoms with Gasteiger partial charge >= 0.3 is 5.97 Å². The van der Waals surface area contributed by atoms with E-state index in [9.17, 15) is 14.3 Å². The largest absolute Gasteiger partial charge is 0.478 e. The number of ether oxygens (including phenoxy) is 1. The van der Waals surface area contributed by atoms with Crippen molar-refractivity contribution in [2.75, 3.05) is 20.6 Å². The molecule has 1 aliphatic heterocycles. The summed E-state index contributed by atoms with van der Waals surface area (Å²) in [5.74, 6) is -1.23. The van der Waals surface area contributed by atoms with E-state index in [4.69, 9.17) is 4.74 Å². The lowest BCUT2D eigenvalue weighted by atomic mass is 9.81. The SMILES string of the molecule is CN(C)CCCC1(c2ccc(F)cc2)OCc2cc(C(=O)O)ccc21. The summed E-state index contributed by atoms with van der Waals surface area (Å²) in [6.07, 6.45) is 1.65. The van der Waals surface area contributed by atoms with Gasteiger partial charge in [-0.05, 0) is 74.4 Å². The van der Waals surface area contributed by atoms with Crippen molar-refractivity contribution < 1.29 is 19.0 Å². The molecule has 132 valence electrons. The molecule has 25 heavy (non-hydrogen) atoms. The third kappa shape index (κ3) is 3.43. The van der Waals surface area contributed by atoms with Crippen molar-refractivity contribution in [1.29, 1.82) is 0 Å². The fourth-order valence-corrected chi connectivity index (χ4v) is 3.47. The molecule has 2 aromatic carbocycles. The molecule has 0 aliphatic carbocycles. The Labute approximate surface area is 146 Å². The van der Waals surface area contributed by atoms with E-state index in [-0.39, 0.29) is 11.4 Å². The van der Waals surface area contributed by atoms with Gasteiger partial charge in [0, 0.05) is 0 Å². The number of rotatable bonds is 6. The molecule has 0 bridgehead atoms. The summed E-state index contributed by atoms with van der Waals surface area (Å²) in [6, 6.07) is 11.5. The molecular weight excluding hydrogens is 321 g/mol. The van der Waals surface area contributed by atoms with E-state index in [2.05, 4.69) is 4.90 Å². The van der Waals surface area contributed by atoms with Crippen LogP contribution >= 0.6 is 0 Å². The molecule has 0 spiro atoms. The molecule has 2 aromatic rings. The lowest BCUT2D eigenvalue weighted by molar-refractivity contribution is -0.0140. The second kappa shape index (κ2) is 6.94. The fraction of sp³-hybridized carbons (Fsp3) is 0.350. The number of fused-ring (bicyclic) bond motifs is 1. The average Bonchev–Trinajstić information content (AvgIpc) is 2.94. The molecule has 4 nitrogen and oxygen atoms in total. The van der Waals surface area contributed by atoms with Gasteiger partial charge in [-0.3, -0.25) is 0 Å². The van der Waals surface area contributed by atoms with Gasteiger partial charge in [0.25, 0.3) is 0 Å². The van der Waals surface area contributed by atoms with Crippen LogP contribution in [0.25, 0.3) is 0 Å². The molecule has 1 atom stereocenters. The topological polar surface area (TPSA) is 49.8 Å². The van der Waals surface area contributed by atoms with Gasteiger partial charge in [-0.15, -0.1) is 0 Å². The number of hydrogen-bond donors (Lipinski definition) is 1. The first kappa shape index (κ1) is 17.6. The molecule has 1 aliphatic rings. The van der Waals surface area contributed by atoms with Crippen molar-refractivity contribution >= 4 is 5.97 Å². The number of carbonyl (C=O) groups is 1. The summed E-state index contributed by atoms with van der Waals surface area (Å²) in [5.41, 5.74) is 2.35. The van der Waals surface area contributed by atoms with Crippen LogP contribution in [0.5, 0.6) is 0 Å². The van der Waals surface area contributed by atoms with Gasteiger partial charge in [-0.2, -0.15) is 0 Å². The van der Waals surface area contributed by atoms with E-state index >= 15 is 0 Å². The first-order chi connectivity index (χ1) is 11.9. The van der Waals surface area contributed by atoms with Crippen molar-refractivity contribution in [2.24, 2.45) is 0 Å². The molecule has 3 rings (SSSR count). The smallest absolute Gasteiger partial charge is 0.335 e. The van der Waals surface area contributed by atoms with Crippen LogP contribution in [0.3, 0.4) is 0 Å². The minimum Gasteiger partial charge on any atom is -0.478 e. The first-order valence-electron chi connectivity index (χ1n) is 8.34. The normalized spacial score (nSPS) is 19.2. The highest BCUT2D eigenvalue weighted by Crippen LogP contribution is 2.45. The molecule has 5 heteroatoms. The standard InChI is InChI=1S/C20H22FNO3/c1-22(2)11-3-10-20(16-5-7-17(21)8-6-16)18-9-4-14(19(23)24)12-15(18)13-25-20/h4-9,12H,3,10-11,13H2,1-2H3,(H,23,24). The first-order valence-corrected chi connectivity index (χ1v) is 8.34. The number of carboxylic acids is 1. The highest BCUT2D eigenvalue weighted by atomic mass is 19.1. The van der Waals surface area contributed by atoms with Gasteiger partial charge < -0.3 is 14.7 Å². The Morgan fingerprint density at radius 1 is 1.24 bits per heavy atom. The van der Waals surface area contributed by atoms with Gasteiger partial charge in [-0.25, -0.2) is 9.18 Å². The van der Waals surface area contributed by atoms with Gasteiger partial charge in [0.2, 0.25) is 0 Å². The lowest BCUT2D eigenvalue weighted by Gasteiger charge is -2.31.